The van der Waals surface area contributed by atoms with Gasteiger partial charge in [0.2, 0.25) is 0 Å². The van der Waals surface area contributed by atoms with Crippen LogP contribution in [0.25, 0.3) is 15.9 Å². The predicted octanol–water partition coefficient (Wildman–Crippen LogP) is 6.81. The van der Waals surface area contributed by atoms with Gasteiger partial charge >= 0.3 is 5.97 Å². The third-order valence-electron chi connectivity index (χ3n) is 7.83. The zero-order valence-electron chi connectivity index (χ0n) is 21.7. The molecule has 36 heavy (non-hydrogen) atoms. The molecule has 1 unspecified atom stereocenters. The highest BCUT2D eigenvalue weighted by atomic mass is 32.2. The number of fused-ring (bicyclic) bond motifs is 3. The molecule has 2 aromatic heterocycles. The smallest absolute Gasteiger partial charge is 0.316 e. The Morgan fingerprint density at radius 3 is 2.56 bits per heavy atom. The number of ether oxygens (including phenoxy) is 1. The number of carbonyl (C=O) groups is 1. The Labute approximate surface area is 221 Å². The minimum absolute atomic E-state index is 0.00512. The lowest BCUT2D eigenvalue weighted by Gasteiger charge is -2.36. The van der Waals surface area contributed by atoms with E-state index in [1.807, 2.05) is 30.3 Å². The van der Waals surface area contributed by atoms with Crippen molar-refractivity contribution >= 4 is 39.3 Å². The summed E-state index contributed by atoms with van der Waals surface area (Å²) in [6.07, 6.45) is 7.08. The number of hydrogen-bond acceptors (Lipinski definition) is 6. The Bertz CT molecular complexity index is 1300. The molecular weight excluding hydrogens is 488 g/mol. The van der Waals surface area contributed by atoms with Gasteiger partial charge in [-0.2, -0.15) is 0 Å². The van der Waals surface area contributed by atoms with Gasteiger partial charge in [0, 0.05) is 4.88 Å². The number of thiophene rings is 1. The fourth-order valence-electron chi connectivity index (χ4n) is 5.66. The van der Waals surface area contributed by atoms with Gasteiger partial charge in [-0.05, 0) is 79.9 Å². The van der Waals surface area contributed by atoms with E-state index in [-0.39, 0.29) is 23.4 Å². The first-order valence-electron chi connectivity index (χ1n) is 13.2. The number of aryl methyl sites for hydroxylation is 1. The minimum atomic E-state index is -0.229. The van der Waals surface area contributed by atoms with Crippen LogP contribution < -0.4 is 5.56 Å². The molecule has 0 amide bonds. The number of esters is 1. The molecule has 1 saturated carbocycles. The summed E-state index contributed by atoms with van der Waals surface area (Å²) in [6, 6.07) is 9.63. The highest BCUT2D eigenvalue weighted by Crippen LogP contribution is 2.39. The summed E-state index contributed by atoms with van der Waals surface area (Å²) < 4.78 is 7.52. The molecule has 0 aliphatic heterocycles. The molecule has 1 aromatic carbocycles. The second-order valence-electron chi connectivity index (χ2n) is 11.5. The van der Waals surface area contributed by atoms with Crippen molar-refractivity contribution in [1.82, 2.24) is 9.55 Å². The maximum atomic E-state index is 13.8. The average Bonchev–Trinajstić information content (AvgIpc) is 3.20. The van der Waals surface area contributed by atoms with Crippen LogP contribution in [-0.2, 0) is 22.4 Å². The van der Waals surface area contributed by atoms with Crippen molar-refractivity contribution in [2.75, 3.05) is 5.75 Å². The van der Waals surface area contributed by atoms with Crippen LogP contribution in [0.3, 0.4) is 0 Å². The van der Waals surface area contributed by atoms with Crippen LogP contribution in [0.4, 0.5) is 0 Å². The Kier molecular flexibility index (Phi) is 7.32. The molecule has 0 N–H and O–H groups in total. The zero-order chi connectivity index (χ0) is 25.4. The van der Waals surface area contributed by atoms with Crippen molar-refractivity contribution in [2.45, 2.75) is 83.9 Å². The van der Waals surface area contributed by atoms with Gasteiger partial charge in [-0.1, -0.05) is 57.7 Å². The fraction of sp³-hybridized carbons (Fsp3) is 0.552. The van der Waals surface area contributed by atoms with Gasteiger partial charge in [0.05, 0.1) is 16.8 Å². The lowest BCUT2D eigenvalue weighted by molar-refractivity contribution is -0.148. The molecule has 2 aliphatic carbocycles. The third-order valence-corrected chi connectivity index (χ3v) is 9.89. The highest BCUT2D eigenvalue weighted by Gasteiger charge is 2.31. The fourth-order valence-corrected chi connectivity index (χ4v) is 7.88. The van der Waals surface area contributed by atoms with E-state index in [0.717, 1.165) is 60.8 Å². The van der Waals surface area contributed by atoms with E-state index in [4.69, 9.17) is 9.72 Å². The van der Waals surface area contributed by atoms with Gasteiger partial charge in [0.25, 0.3) is 5.56 Å². The van der Waals surface area contributed by atoms with E-state index >= 15 is 0 Å². The van der Waals surface area contributed by atoms with Crippen LogP contribution in [0.1, 0.15) is 70.2 Å². The standard InChI is InChI=1S/C29H36N2O3S2/c1-18-10-15-22-23(16-18)36-26-25(22)27(33)31(20-8-6-5-7-9-20)28(30-26)35-17-24(32)34-21-13-11-19(12-14-21)29(2,3)4/h5-9,18-19,21H,10-17H2,1-4H3. The largest absolute Gasteiger partial charge is 0.462 e. The molecule has 192 valence electrons. The molecular formula is C29H36N2O3S2. The quantitative estimate of drug-likeness (QED) is 0.208. The summed E-state index contributed by atoms with van der Waals surface area (Å²) in [4.78, 5) is 33.7. The van der Waals surface area contributed by atoms with Crippen molar-refractivity contribution in [3.8, 4) is 5.69 Å². The number of rotatable bonds is 5. The Morgan fingerprint density at radius 1 is 1.14 bits per heavy atom. The summed E-state index contributed by atoms with van der Waals surface area (Å²) >= 11 is 2.95. The summed E-state index contributed by atoms with van der Waals surface area (Å²) in [5, 5.41) is 1.31. The van der Waals surface area contributed by atoms with Gasteiger partial charge in [-0.25, -0.2) is 4.98 Å². The average molecular weight is 525 g/mol. The van der Waals surface area contributed by atoms with Crippen molar-refractivity contribution in [1.29, 1.82) is 0 Å². The van der Waals surface area contributed by atoms with Gasteiger partial charge in [-0.3, -0.25) is 14.2 Å². The maximum absolute atomic E-state index is 13.8. The second kappa shape index (κ2) is 10.3. The van der Waals surface area contributed by atoms with E-state index in [1.165, 1.54) is 22.2 Å². The molecule has 0 bridgehead atoms. The summed E-state index contributed by atoms with van der Waals surface area (Å²) in [5.41, 5.74) is 2.22. The van der Waals surface area contributed by atoms with Gasteiger partial charge in [0.15, 0.2) is 5.16 Å². The summed E-state index contributed by atoms with van der Waals surface area (Å²) in [7, 11) is 0. The van der Waals surface area contributed by atoms with Crippen LogP contribution in [0.15, 0.2) is 40.3 Å². The van der Waals surface area contributed by atoms with Gasteiger partial charge < -0.3 is 4.74 Å². The molecule has 0 radical (unpaired) electrons. The number of thioether (sulfide) groups is 1. The summed E-state index contributed by atoms with van der Waals surface area (Å²) in [5.74, 6) is 1.22. The van der Waals surface area contributed by atoms with E-state index in [2.05, 4.69) is 27.7 Å². The molecule has 5 nitrogen and oxygen atoms in total. The number of carbonyl (C=O) groups excluding carboxylic acids is 1. The zero-order valence-corrected chi connectivity index (χ0v) is 23.3. The topological polar surface area (TPSA) is 61.2 Å². The van der Waals surface area contributed by atoms with Crippen LogP contribution in [-0.4, -0.2) is 27.4 Å². The third kappa shape index (κ3) is 5.28. The number of aromatic nitrogens is 2. The number of nitrogens with zero attached hydrogens (tertiary/aromatic N) is 2. The van der Waals surface area contributed by atoms with E-state index in [0.29, 0.717) is 22.4 Å². The molecule has 7 heteroatoms. The van der Waals surface area contributed by atoms with Crippen molar-refractivity contribution in [2.24, 2.45) is 17.3 Å². The van der Waals surface area contributed by atoms with Crippen LogP contribution >= 0.6 is 23.1 Å². The first-order valence-corrected chi connectivity index (χ1v) is 15.0. The second-order valence-corrected chi connectivity index (χ2v) is 13.5. The molecule has 0 spiro atoms. The Hall–Kier alpha value is -2.12. The van der Waals surface area contributed by atoms with Gasteiger partial charge in [0.1, 0.15) is 10.9 Å². The number of para-hydroxylation sites is 1. The molecule has 1 atom stereocenters. The maximum Gasteiger partial charge on any atom is 0.316 e. The lowest BCUT2D eigenvalue weighted by atomic mass is 9.72. The normalized spacial score (nSPS) is 22.4. The first-order chi connectivity index (χ1) is 17.2. The number of hydrogen-bond donors (Lipinski definition) is 0. The Morgan fingerprint density at radius 2 is 1.86 bits per heavy atom. The van der Waals surface area contributed by atoms with Gasteiger partial charge in [-0.15, -0.1) is 11.3 Å². The molecule has 2 heterocycles. The van der Waals surface area contributed by atoms with Crippen molar-refractivity contribution in [3.63, 3.8) is 0 Å². The molecule has 0 saturated heterocycles. The van der Waals surface area contributed by atoms with E-state index in [9.17, 15) is 9.59 Å². The number of benzene rings is 1. The van der Waals surface area contributed by atoms with Crippen LogP contribution in [0.2, 0.25) is 0 Å². The van der Waals surface area contributed by atoms with Crippen molar-refractivity contribution < 1.29 is 9.53 Å². The summed E-state index contributed by atoms with van der Waals surface area (Å²) in [6.45, 7) is 9.15. The first kappa shape index (κ1) is 25.5. The lowest BCUT2D eigenvalue weighted by Crippen LogP contribution is -2.30. The molecule has 1 fully saturated rings. The van der Waals surface area contributed by atoms with E-state index in [1.54, 1.807) is 15.9 Å². The SMILES string of the molecule is CC1CCc2c(sc3nc(SCC(=O)OC4CCC(C(C)(C)C)CC4)n(-c4ccccc4)c(=O)c23)C1. The van der Waals surface area contributed by atoms with E-state index < -0.39 is 0 Å². The van der Waals surface area contributed by atoms with Crippen molar-refractivity contribution in [3.05, 3.63) is 51.1 Å². The Balaban J connectivity index is 1.37. The molecule has 5 rings (SSSR count). The monoisotopic (exact) mass is 524 g/mol. The molecule has 3 aromatic rings. The molecule has 2 aliphatic rings. The predicted molar refractivity (Wildman–Crippen MR) is 148 cm³/mol. The minimum Gasteiger partial charge on any atom is -0.462 e. The van der Waals surface area contributed by atoms with Crippen LogP contribution in [0.5, 0.6) is 0 Å². The van der Waals surface area contributed by atoms with Crippen LogP contribution in [0, 0.1) is 17.3 Å². The highest BCUT2D eigenvalue weighted by molar-refractivity contribution is 7.99.